The minimum absolute atomic E-state index is 0.212. The highest BCUT2D eigenvalue weighted by Gasteiger charge is 2.20. The van der Waals surface area contributed by atoms with Gasteiger partial charge in [-0.25, -0.2) is 0 Å². The summed E-state index contributed by atoms with van der Waals surface area (Å²) in [5, 5.41) is 3.60. The van der Waals surface area contributed by atoms with Gasteiger partial charge in [0.1, 0.15) is 0 Å². The third-order valence-corrected chi connectivity index (χ3v) is 3.90. The van der Waals surface area contributed by atoms with Gasteiger partial charge >= 0.3 is 0 Å². The van der Waals surface area contributed by atoms with Crippen LogP contribution in [0.3, 0.4) is 0 Å². The van der Waals surface area contributed by atoms with E-state index in [1.54, 1.807) is 0 Å². The molecule has 0 aliphatic rings. The van der Waals surface area contributed by atoms with Crippen molar-refractivity contribution >= 4 is 11.8 Å². The first-order valence-corrected chi connectivity index (χ1v) is 7.70. The molecule has 0 saturated carbocycles. The van der Waals surface area contributed by atoms with Crippen LogP contribution < -0.4 is 5.32 Å². The smallest absolute Gasteiger partial charge is 0.00967 e. The van der Waals surface area contributed by atoms with Crippen molar-refractivity contribution in [3.8, 4) is 0 Å². The maximum Gasteiger partial charge on any atom is 0.00967 e. The summed E-state index contributed by atoms with van der Waals surface area (Å²) in [6.07, 6.45) is 1.23. The summed E-state index contributed by atoms with van der Waals surface area (Å²) in [5.74, 6) is 1.18. The van der Waals surface area contributed by atoms with Crippen molar-refractivity contribution in [2.75, 3.05) is 12.3 Å². The van der Waals surface area contributed by atoms with Gasteiger partial charge in [-0.3, -0.25) is 0 Å². The molecule has 0 radical (unpaired) electrons. The van der Waals surface area contributed by atoms with Crippen molar-refractivity contribution in [2.45, 2.75) is 51.5 Å². The average Bonchev–Trinajstić information content (AvgIpc) is 2.27. The fraction of sp³-hybridized carbons (Fsp3) is 0.625. The second-order valence-corrected chi connectivity index (χ2v) is 7.85. The van der Waals surface area contributed by atoms with Gasteiger partial charge in [-0.1, -0.05) is 32.0 Å². The highest BCUT2D eigenvalue weighted by atomic mass is 32.2. The second-order valence-electron chi connectivity index (χ2n) is 6.68. The summed E-state index contributed by atoms with van der Waals surface area (Å²) in [5.41, 5.74) is 0.568. The first-order valence-electron chi connectivity index (χ1n) is 6.71. The molecule has 18 heavy (non-hydrogen) atoms. The van der Waals surface area contributed by atoms with Crippen LogP contribution in [0.5, 0.6) is 0 Å². The molecule has 102 valence electrons. The van der Waals surface area contributed by atoms with Gasteiger partial charge < -0.3 is 5.32 Å². The largest absolute Gasteiger partial charge is 0.312 e. The van der Waals surface area contributed by atoms with Gasteiger partial charge in [0.25, 0.3) is 0 Å². The summed E-state index contributed by atoms with van der Waals surface area (Å²) in [6, 6.07) is 10.7. The minimum atomic E-state index is 0.212. The zero-order valence-electron chi connectivity index (χ0n) is 12.4. The lowest BCUT2D eigenvalue weighted by molar-refractivity contribution is 0.284. The topological polar surface area (TPSA) is 12.0 Å². The summed E-state index contributed by atoms with van der Waals surface area (Å²) in [6.45, 7) is 12.4. The third kappa shape index (κ3) is 7.07. The normalized spacial score (nSPS) is 12.7. The van der Waals surface area contributed by atoms with E-state index >= 15 is 0 Å². The zero-order valence-corrected chi connectivity index (χ0v) is 13.2. The molecule has 0 heterocycles. The van der Waals surface area contributed by atoms with Crippen LogP contribution in [0.25, 0.3) is 0 Å². The molecule has 0 bridgehead atoms. The number of benzene rings is 1. The molecule has 0 saturated heterocycles. The van der Waals surface area contributed by atoms with Crippen LogP contribution in [-0.4, -0.2) is 17.8 Å². The first kappa shape index (κ1) is 15.6. The molecule has 0 aliphatic carbocycles. The number of hydrogen-bond donors (Lipinski definition) is 1. The zero-order chi connectivity index (χ0) is 13.6. The van der Waals surface area contributed by atoms with Gasteiger partial charge in [0.2, 0.25) is 0 Å². The van der Waals surface area contributed by atoms with Crippen molar-refractivity contribution < 1.29 is 0 Å². The van der Waals surface area contributed by atoms with E-state index in [1.165, 1.54) is 17.1 Å². The molecule has 1 aromatic carbocycles. The lowest BCUT2D eigenvalue weighted by atomic mass is 9.89. The van der Waals surface area contributed by atoms with Crippen LogP contribution in [-0.2, 0) is 0 Å². The summed E-state index contributed by atoms with van der Waals surface area (Å²) >= 11 is 1.95. The van der Waals surface area contributed by atoms with Crippen LogP contribution in [0.1, 0.15) is 41.0 Å². The van der Waals surface area contributed by atoms with Gasteiger partial charge in [-0.2, -0.15) is 0 Å². The molecule has 0 aliphatic heterocycles. The van der Waals surface area contributed by atoms with Crippen molar-refractivity contribution in [2.24, 2.45) is 5.41 Å². The Bertz CT molecular complexity index is 338. The molecule has 0 unspecified atom stereocenters. The minimum Gasteiger partial charge on any atom is -0.312 e. The standard InChI is InChI=1S/C16H27NS/c1-15(2,3)17-13-16(4,5)11-12-18-14-9-7-6-8-10-14/h6-10,17H,11-13H2,1-5H3. The Hall–Kier alpha value is -0.470. The predicted octanol–water partition coefficient (Wildman–Crippen LogP) is 4.58. The Morgan fingerprint density at radius 2 is 1.61 bits per heavy atom. The van der Waals surface area contributed by atoms with Gasteiger partial charge in [0, 0.05) is 17.0 Å². The Kier molecular flexibility index (Phi) is 5.74. The molecule has 2 heteroatoms. The van der Waals surface area contributed by atoms with E-state index < -0.39 is 0 Å². The van der Waals surface area contributed by atoms with Crippen molar-refractivity contribution in [1.82, 2.24) is 5.32 Å². The van der Waals surface area contributed by atoms with E-state index in [0.717, 1.165) is 6.54 Å². The molecule has 1 rings (SSSR count). The molecule has 1 nitrogen and oxygen atoms in total. The number of nitrogens with one attached hydrogen (secondary N) is 1. The van der Waals surface area contributed by atoms with E-state index in [4.69, 9.17) is 0 Å². The molecule has 0 amide bonds. The van der Waals surface area contributed by atoms with E-state index in [-0.39, 0.29) is 5.54 Å². The highest BCUT2D eigenvalue weighted by Crippen LogP contribution is 2.26. The lowest BCUT2D eigenvalue weighted by Crippen LogP contribution is -2.42. The van der Waals surface area contributed by atoms with Gasteiger partial charge in [0.05, 0.1) is 0 Å². The predicted molar refractivity (Wildman–Crippen MR) is 83.3 cm³/mol. The van der Waals surface area contributed by atoms with Crippen molar-refractivity contribution in [3.63, 3.8) is 0 Å². The van der Waals surface area contributed by atoms with Crippen LogP contribution in [0.4, 0.5) is 0 Å². The monoisotopic (exact) mass is 265 g/mol. The average molecular weight is 265 g/mol. The van der Waals surface area contributed by atoms with E-state index in [2.05, 4.69) is 70.3 Å². The molecule has 0 spiro atoms. The maximum absolute atomic E-state index is 3.60. The molecule has 0 aromatic heterocycles. The second kappa shape index (κ2) is 6.63. The number of thioether (sulfide) groups is 1. The van der Waals surface area contributed by atoms with E-state index in [9.17, 15) is 0 Å². The molecular formula is C16H27NS. The van der Waals surface area contributed by atoms with Crippen LogP contribution in [0.2, 0.25) is 0 Å². The Morgan fingerprint density at radius 3 is 2.17 bits per heavy atom. The van der Waals surface area contributed by atoms with E-state index in [0.29, 0.717) is 5.41 Å². The highest BCUT2D eigenvalue weighted by molar-refractivity contribution is 7.99. The number of rotatable bonds is 6. The SMILES string of the molecule is CC(C)(CCSc1ccccc1)CNC(C)(C)C. The Morgan fingerprint density at radius 1 is 1.00 bits per heavy atom. The fourth-order valence-corrected chi connectivity index (χ4v) is 2.79. The molecule has 0 atom stereocenters. The maximum atomic E-state index is 3.60. The summed E-state index contributed by atoms with van der Waals surface area (Å²) in [7, 11) is 0. The first-order chi connectivity index (χ1) is 8.29. The summed E-state index contributed by atoms with van der Waals surface area (Å²) in [4.78, 5) is 1.37. The van der Waals surface area contributed by atoms with Crippen molar-refractivity contribution in [1.29, 1.82) is 0 Å². The quantitative estimate of drug-likeness (QED) is 0.755. The molecule has 1 aromatic rings. The summed E-state index contributed by atoms with van der Waals surface area (Å²) < 4.78 is 0. The van der Waals surface area contributed by atoms with Crippen LogP contribution in [0.15, 0.2) is 35.2 Å². The van der Waals surface area contributed by atoms with Crippen LogP contribution >= 0.6 is 11.8 Å². The Balaban J connectivity index is 2.29. The van der Waals surface area contributed by atoms with Crippen molar-refractivity contribution in [3.05, 3.63) is 30.3 Å². The molecule has 0 fully saturated rings. The van der Waals surface area contributed by atoms with E-state index in [1.807, 2.05) is 11.8 Å². The Labute approximate surface area is 117 Å². The molecule has 1 N–H and O–H groups in total. The number of hydrogen-bond acceptors (Lipinski definition) is 2. The van der Waals surface area contributed by atoms with Gasteiger partial charge in [-0.05, 0) is 50.5 Å². The fourth-order valence-electron chi connectivity index (χ4n) is 1.55. The lowest BCUT2D eigenvalue weighted by Gasteiger charge is -2.30. The van der Waals surface area contributed by atoms with Crippen LogP contribution in [0, 0.1) is 5.41 Å². The third-order valence-electron chi connectivity index (χ3n) is 2.89. The van der Waals surface area contributed by atoms with Gasteiger partial charge in [0.15, 0.2) is 0 Å². The van der Waals surface area contributed by atoms with Gasteiger partial charge in [-0.15, -0.1) is 11.8 Å². The molecular weight excluding hydrogens is 238 g/mol.